The van der Waals surface area contributed by atoms with Gasteiger partial charge in [-0.05, 0) is 57.3 Å². The molecule has 2 aliphatic heterocycles. The van der Waals surface area contributed by atoms with Crippen molar-refractivity contribution in [2.75, 3.05) is 38.2 Å². The fourth-order valence-corrected chi connectivity index (χ4v) is 3.73. The first-order chi connectivity index (χ1) is 12.7. The summed E-state index contributed by atoms with van der Waals surface area (Å²) in [6.07, 6.45) is -0.283. The van der Waals surface area contributed by atoms with Gasteiger partial charge in [0, 0.05) is 31.9 Å². The second-order valence-corrected chi connectivity index (χ2v) is 8.07. The highest BCUT2D eigenvalue weighted by atomic mass is 32.1. The lowest BCUT2D eigenvalue weighted by Crippen LogP contribution is -2.54. The van der Waals surface area contributed by atoms with Gasteiger partial charge in [-0.1, -0.05) is 0 Å². The van der Waals surface area contributed by atoms with Gasteiger partial charge in [-0.2, -0.15) is 0 Å². The lowest BCUT2D eigenvalue weighted by molar-refractivity contribution is 0.0144. The lowest BCUT2D eigenvalue weighted by Gasteiger charge is -2.37. The molecular formula is C19H25N3O4S. The van der Waals surface area contributed by atoms with E-state index in [-0.39, 0.29) is 18.1 Å². The SMILES string of the molecule is COC(=O)c1ccc(N2CC3CN(C(=O)OC(C)(C)C)CCN3C2=S)cc1. The van der Waals surface area contributed by atoms with E-state index in [1.54, 1.807) is 17.0 Å². The topological polar surface area (TPSA) is 62.3 Å². The molecule has 146 valence electrons. The monoisotopic (exact) mass is 391 g/mol. The summed E-state index contributed by atoms with van der Waals surface area (Å²) in [4.78, 5) is 29.9. The molecule has 0 radical (unpaired) electrons. The van der Waals surface area contributed by atoms with Crippen molar-refractivity contribution in [3.63, 3.8) is 0 Å². The number of amides is 1. The summed E-state index contributed by atoms with van der Waals surface area (Å²) in [5.41, 5.74) is 0.915. The van der Waals surface area contributed by atoms with Crippen molar-refractivity contribution in [3.05, 3.63) is 29.8 Å². The van der Waals surface area contributed by atoms with Gasteiger partial charge in [0.25, 0.3) is 0 Å². The van der Waals surface area contributed by atoms with Gasteiger partial charge in [0.1, 0.15) is 5.60 Å². The van der Waals surface area contributed by atoms with Crippen LogP contribution in [0, 0.1) is 0 Å². The lowest BCUT2D eigenvalue weighted by atomic mass is 10.2. The van der Waals surface area contributed by atoms with Crippen LogP contribution in [0.4, 0.5) is 10.5 Å². The van der Waals surface area contributed by atoms with Gasteiger partial charge in [-0.15, -0.1) is 0 Å². The summed E-state index contributed by atoms with van der Waals surface area (Å²) < 4.78 is 10.2. The summed E-state index contributed by atoms with van der Waals surface area (Å²) in [6.45, 7) is 8.13. The van der Waals surface area contributed by atoms with Crippen LogP contribution in [-0.2, 0) is 9.47 Å². The van der Waals surface area contributed by atoms with Crippen molar-refractivity contribution in [1.82, 2.24) is 9.80 Å². The van der Waals surface area contributed by atoms with Crippen molar-refractivity contribution in [1.29, 1.82) is 0 Å². The first kappa shape index (κ1) is 19.4. The molecule has 2 saturated heterocycles. The maximum Gasteiger partial charge on any atom is 0.410 e. The number of nitrogens with zero attached hydrogens (tertiary/aromatic N) is 3. The average Bonchev–Trinajstić information content (AvgIpc) is 2.96. The number of esters is 1. The molecule has 2 fully saturated rings. The molecule has 1 aromatic rings. The van der Waals surface area contributed by atoms with Gasteiger partial charge in [0.15, 0.2) is 5.11 Å². The van der Waals surface area contributed by atoms with Crippen molar-refractivity contribution >= 4 is 35.1 Å². The number of anilines is 1. The van der Waals surface area contributed by atoms with Crippen molar-refractivity contribution < 1.29 is 19.1 Å². The minimum absolute atomic E-state index is 0.124. The average molecular weight is 391 g/mol. The van der Waals surface area contributed by atoms with Crippen molar-refractivity contribution in [2.45, 2.75) is 32.4 Å². The normalized spacial score (nSPS) is 19.8. The maximum atomic E-state index is 12.4. The van der Waals surface area contributed by atoms with E-state index in [0.29, 0.717) is 31.7 Å². The smallest absolute Gasteiger partial charge is 0.410 e. The largest absolute Gasteiger partial charge is 0.465 e. The molecule has 2 heterocycles. The highest BCUT2D eigenvalue weighted by molar-refractivity contribution is 7.80. The summed E-state index contributed by atoms with van der Waals surface area (Å²) in [5, 5.41) is 0.745. The molecular weight excluding hydrogens is 366 g/mol. The van der Waals surface area contributed by atoms with Gasteiger partial charge in [0.2, 0.25) is 0 Å². The van der Waals surface area contributed by atoms with Gasteiger partial charge >= 0.3 is 12.1 Å². The molecule has 2 aliphatic rings. The van der Waals surface area contributed by atoms with Gasteiger partial charge in [-0.3, -0.25) is 0 Å². The van der Waals surface area contributed by atoms with Gasteiger partial charge in [0.05, 0.1) is 18.7 Å². The molecule has 0 bridgehead atoms. The Labute approximate surface area is 164 Å². The zero-order chi connectivity index (χ0) is 19.8. The summed E-state index contributed by atoms with van der Waals surface area (Å²) >= 11 is 5.65. The zero-order valence-electron chi connectivity index (χ0n) is 16.1. The molecule has 1 unspecified atom stereocenters. The highest BCUT2D eigenvalue weighted by Crippen LogP contribution is 2.27. The first-order valence-electron chi connectivity index (χ1n) is 8.94. The number of piperazine rings is 1. The molecule has 0 N–H and O–H groups in total. The molecule has 0 spiro atoms. The van der Waals surface area contributed by atoms with Crippen LogP contribution in [0.25, 0.3) is 0 Å². The Kier molecular flexibility index (Phi) is 5.28. The fourth-order valence-electron chi connectivity index (χ4n) is 3.31. The van der Waals surface area contributed by atoms with Crippen LogP contribution >= 0.6 is 12.2 Å². The molecule has 0 aromatic heterocycles. The number of fused-ring (bicyclic) bond motifs is 1. The molecule has 3 rings (SSSR count). The van der Waals surface area contributed by atoms with E-state index in [0.717, 1.165) is 10.8 Å². The Morgan fingerprint density at radius 3 is 2.37 bits per heavy atom. The highest BCUT2D eigenvalue weighted by Gasteiger charge is 2.40. The second-order valence-electron chi connectivity index (χ2n) is 7.71. The molecule has 1 atom stereocenters. The summed E-state index contributed by atoms with van der Waals surface area (Å²) in [7, 11) is 1.36. The third kappa shape index (κ3) is 4.16. The standard InChI is InChI=1S/C19H25N3O4S/c1-19(2,3)26-18(24)20-9-10-21-15(11-20)12-22(17(21)27)14-7-5-13(6-8-14)16(23)25-4/h5-8,15H,9-12H2,1-4H3. The van der Waals surface area contributed by atoms with E-state index >= 15 is 0 Å². The Morgan fingerprint density at radius 1 is 1.11 bits per heavy atom. The van der Waals surface area contributed by atoms with Gasteiger partial charge in [-0.25, -0.2) is 9.59 Å². The molecule has 0 saturated carbocycles. The summed E-state index contributed by atoms with van der Waals surface area (Å²) in [6, 6.07) is 7.31. The number of ether oxygens (including phenoxy) is 2. The van der Waals surface area contributed by atoms with Crippen molar-refractivity contribution in [3.8, 4) is 0 Å². The minimum Gasteiger partial charge on any atom is -0.465 e. The fraction of sp³-hybridized carbons (Fsp3) is 0.526. The number of carbonyl (C=O) groups excluding carboxylic acids is 2. The van der Waals surface area contributed by atoms with Crippen LogP contribution in [0.2, 0.25) is 0 Å². The van der Waals surface area contributed by atoms with Crippen LogP contribution in [0.3, 0.4) is 0 Å². The molecule has 7 nitrogen and oxygen atoms in total. The van der Waals surface area contributed by atoms with Crippen molar-refractivity contribution in [2.24, 2.45) is 0 Å². The minimum atomic E-state index is -0.507. The van der Waals surface area contributed by atoms with Crippen LogP contribution < -0.4 is 4.90 Å². The first-order valence-corrected chi connectivity index (χ1v) is 9.35. The maximum absolute atomic E-state index is 12.4. The van der Waals surface area contributed by atoms with Crippen LogP contribution in [-0.4, -0.2) is 71.9 Å². The van der Waals surface area contributed by atoms with E-state index in [9.17, 15) is 9.59 Å². The molecule has 27 heavy (non-hydrogen) atoms. The van der Waals surface area contributed by atoms with E-state index < -0.39 is 5.60 Å². The quantitative estimate of drug-likeness (QED) is 0.567. The van der Waals surface area contributed by atoms with Crippen LogP contribution in [0.5, 0.6) is 0 Å². The third-order valence-corrected chi connectivity index (χ3v) is 5.06. The Morgan fingerprint density at radius 2 is 1.78 bits per heavy atom. The third-order valence-electron chi connectivity index (χ3n) is 4.60. The molecule has 1 aromatic carbocycles. The second kappa shape index (κ2) is 7.34. The summed E-state index contributed by atoms with van der Waals surface area (Å²) in [5.74, 6) is -0.365. The number of methoxy groups -OCH3 is 1. The Bertz CT molecular complexity index is 744. The Balaban J connectivity index is 1.68. The molecule has 0 aliphatic carbocycles. The van der Waals surface area contributed by atoms with Gasteiger partial charge < -0.3 is 24.2 Å². The molecule has 1 amide bonds. The Hall–Kier alpha value is -2.35. The predicted octanol–water partition coefficient (Wildman–Crippen LogP) is 2.50. The molecule has 8 heteroatoms. The van der Waals surface area contributed by atoms with E-state index in [1.807, 2.05) is 37.8 Å². The number of benzene rings is 1. The zero-order valence-corrected chi connectivity index (χ0v) is 16.9. The van der Waals surface area contributed by atoms with E-state index in [4.69, 9.17) is 21.7 Å². The number of thiocarbonyl (C=S) groups is 1. The number of hydrogen-bond acceptors (Lipinski definition) is 5. The number of carbonyl (C=O) groups is 2. The number of hydrogen-bond donors (Lipinski definition) is 0. The predicted molar refractivity (Wildman–Crippen MR) is 106 cm³/mol. The van der Waals surface area contributed by atoms with Crippen LogP contribution in [0.1, 0.15) is 31.1 Å². The van der Waals surface area contributed by atoms with E-state index in [1.165, 1.54) is 7.11 Å². The van der Waals surface area contributed by atoms with E-state index in [2.05, 4.69) is 4.90 Å². The van der Waals surface area contributed by atoms with Crippen LogP contribution in [0.15, 0.2) is 24.3 Å². The number of rotatable bonds is 2.